The van der Waals surface area contributed by atoms with E-state index in [1.807, 2.05) is 82.2 Å². The molecule has 4 rings (SSSR count). The van der Waals surface area contributed by atoms with Crippen molar-refractivity contribution in [3.8, 4) is 0 Å². The molecule has 2 atom stereocenters. The largest absolute Gasteiger partial charge is 0.480 e. The average Bonchev–Trinajstić information content (AvgIpc) is 3.35. The fraction of sp³-hybridized carbons (Fsp3) is 0.429. The first-order valence-electron chi connectivity index (χ1n) is 25.0. The number of aryl methyl sites for hydroxylation is 4. The third-order valence-corrected chi connectivity index (χ3v) is 12.2. The van der Waals surface area contributed by atoms with Crippen LogP contribution in [0, 0.1) is 0 Å². The molecule has 0 saturated heterocycles. The van der Waals surface area contributed by atoms with Crippen LogP contribution in [0.2, 0.25) is 0 Å². The van der Waals surface area contributed by atoms with Crippen molar-refractivity contribution < 1.29 is 67.8 Å². The molecule has 0 saturated carbocycles. The number of nitrogens with zero attached hydrogens (tertiary/aromatic N) is 2. The van der Waals surface area contributed by atoms with Gasteiger partial charge in [0.2, 0.25) is 0 Å². The molecule has 0 aliphatic carbocycles. The van der Waals surface area contributed by atoms with Crippen LogP contribution in [0.3, 0.4) is 0 Å². The van der Waals surface area contributed by atoms with Gasteiger partial charge in [-0.05, 0) is 84.8 Å². The monoisotopic (exact) mass is 993 g/mol. The van der Waals surface area contributed by atoms with E-state index in [0.29, 0.717) is 49.9 Å². The molecule has 0 bridgehead atoms. The Labute approximate surface area is 422 Å². The van der Waals surface area contributed by atoms with Crippen molar-refractivity contribution in [2.24, 2.45) is 0 Å². The van der Waals surface area contributed by atoms with Gasteiger partial charge in [-0.3, -0.25) is 0 Å². The topological polar surface area (TPSA) is 234 Å². The molecule has 386 valence electrons. The summed E-state index contributed by atoms with van der Waals surface area (Å²) < 4.78 is 14.4. The summed E-state index contributed by atoms with van der Waals surface area (Å²) in [5.41, 5.74) is 5.70. The van der Waals surface area contributed by atoms with E-state index < -0.39 is 48.1 Å². The van der Waals surface area contributed by atoms with Gasteiger partial charge in [0, 0.05) is 49.3 Å². The number of rotatable bonds is 33. The number of aliphatic carboxylic acids is 4. The zero-order valence-electron chi connectivity index (χ0n) is 41.6. The fourth-order valence-electron chi connectivity index (χ4n) is 8.26. The SMILES string of the molecule is CCCCCc1cc[n+](CCCC[C@@H](NC(=O)OCc2ccccc2)C(=O)O)c(CC(=C/C(=O)O)/C(=C\C(=O)O)Cc2cc(CCCCC)cc[n+]2CCCC[C@@H](NC(=O)OCc2ccccc2)C(=O)O)c1. The number of aromatic nitrogens is 2. The number of amides is 2. The number of unbranched alkanes of at least 4 members (excludes halogenated alkanes) is 6. The Balaban J connectivity index is 1.54. The van der Waals surface area contributed by atoms with Crippen LogP contribution in [0.15, 0.2) is 121 Å². The first-order chi connectivity index (χ1) is 34.7. The average molecular weight is 993 g/mol. The lowest BCUT2D eigenvalue weighted by atomic mass is 9.93. The van der Waals surface area contributed by atoms with Crippen molar-refractivity contribution in [1.82, 2.24) is 10.6 Å². The van der Waals surface area contributed by atoms with Gasteiger partial charge in [-0.1, -0.05) is 100 Å². The lowest BCUT2D eigenvalue weighted by molar-refractivity contribution is -0.704. The number of ether oxygens (including phenoxy) is 2. The van der Waals surface area contributed by atoms with Crippen molar-refractivity contribution in [3.05, 3.63) is 154 Å². The zero-order chi connectivity index (χ0) is 52.1. The third kappa shape index (κ3) is 21.7. The molecule has 0 aliphatic rings. The maximum absolute atomic E-state index is 12.6. The van der Waals surface area contributed by atoms with Gasteiger partial charge in [0.05, 0.1) is 12.8 Å². The molecule has 16 heteroatoms. The number of carboxylic acid groups (broad SMARTS) is 4. The Bertz CT molecular complexity index is 2270. The number of hydrogen-bond donors (Lipinski definition) is 6. The Hall–Kier alpha value is -7.36. The van der Waals surface area contributed by atoms with E-state index in [-0.39, 0.29) is 38.9 Å². The predicted molar refractivity (Wildman–Crippen MR) is 269 cm³/mol. The lowest BCUT2D eigenvalue weighted by Gasteiger charge is -2.15. The van der Waals surface area contributed by atoms with E-state index in [1.165, 1.54) is 0 Å². The standard InChI is InChI=1S/C56H70N4O12/c1-3-5-9-19-41-27-31-59(29-17-15-25-49(53(65)66)57-55(69)71-39-43-21-11-7-12-22-43)47(33-41)35-45(37-51(61)62)46(38-52(63)64)36-48-34-42(20-10-6-4-2)28-32-60(48)30-18-16-26-50(54(67)68)58-56(70)72-40-44-23-13-8-14-24-44/h7-8,11-14,21-24,27-28,31-34,37-38,49-50H,3-6,9-10,15-20,25-26,29-30,35-36,39-40H2,1-2H3,(H4-2,57,58,61,62,63,64,65,66,67,68,69,70)/p+2/b45-37-,46-38-/t49-,50-/m1/s1. The minimum atomic E-state index is -1.24. The first kappa shape index (κ1) is 57.2. The molecule has 72 heavy (non-hydrogen) atoms. The maximum atomic E-state index is 12.6. The lowest BCUT2D eigenvalue weighted by Crippen LogP contribution is -2.42. The summed E-state index contributed by atoms with van der Waals surface area (Å²) >= 11 is 0. The van der Waals surface area contributed by atoms with Gasteiger partial charge in [-0.2, -0.15) is 0 Å². The van der Waals surface area contributed by atoms with Gasteiger partial charge >= 0.3 is 36.1 Å². The molecular weight excluding hydrogens is 921 g/mol. The minimum absolute atomic E-state index is 0.00700. The highest BCUT2D eigenvalue weighted by molar-refractivity contribution is 5.85. The van der Waals surface area contributed by atoms with Gasteiger partial charge in [0.15, 0.2) is 23.8 Å². The fourth-order valence-corrected chi connectivity index (χ4v) is 8.26. The van der Waals surface area contributed by atoms with Gasteiger partial charge < -0.3 is 40.5 Å². The van der Waals surface area contributed by atoms with Crippen LogP contribution < -0.4 is 19.8 Å². The number of carbonyl (C=O) groups is 6. The quantitative estimate of drug-likeness (QED) is 0.0114. The molecule has 2 aromatic carbocycles. The second-order valence-electron chi connectivity index (χ2n) is 17.9. The number of hydrogen-bond acceptors (Lipinski definition) is 8. The smallest absolute Gasteiger partial charge is 0.408 e. The molecule has 0 spiro atoms. The van der Waals surface area contributed by atoms with Crippen LogP contribution >= 0.6 is 0 Å². The number of alkyl carbamates (subject to hydrolysis) is 2. The summed E-state index contributed by atoms with van der Waals surface area (Å²) in [6.07, 6.45) is 14.2. The Morgan fingerprint density at radius 2 is 0.903 bits per heavy atom. The molecule has 4 aromatic rings. The molecular formula is C56H72N4O12+2. The van der Waals surface area contributed by atoms with Crippen LogP contribution in [0.1, 0.15) is 125 Å². The van der Waals surface area contributed by atoms with Gasteiger partial charge in [-0.25, -0.2) is 37.9 Å². The molecule has 2 aromatic heterocycles. The van der Waals surface area contributed by atoms with Crippen molar-refractivity contribution >= 4 is 36.1 Å². The molecule has 0 aliphatic heterocycles. The normalized spacial score (nSPS) is 12.4. The summed E-state index contributed by atoms with van der Waals surface area (Å²) in [5, 5.41) is 45.2. The minimum Gasteiger partial charge on any atom is -0.480 e. The Morgan fingerprint density at radius 3 is 1.25 bits per heavy atom. The van der Waals surface area contributed by atoms with Gasteiger partial charge in [0.25, 0.3) is 0 Å². The van der Waals surface area contributed by atoms with E-state index in [0.717, 1.165) is 97.2 Å². The van der Waals surface area contributed by atoms with Crippen molar-refractivity contribution in [2.45, 2.75) is 155 Å². The predicted octanol–water partition coefficient (Wildman–Crippen LogP) is 8.63. The summed E-state index contributed by atoms with van der Waals surface area (Å²) in [7, 11) is 0. The summed E-state index contributed by atoms with van der Waals surface area (Å²) in [5.74, 6) is -4.87. The highest BCUT2D eigenvalue weighted by atomic mass is 16.6. The van der Waals surface area contributed by atoms with E-state index in [2.05, 4.69) is 24.5 Å². The highest BCUT2D eigenvalue weighted by Crippen LogP contribution is 2.22. The second-order valence-corrected chi connectivity index (χ2v) is 17.9. The number of pyridine rings is 2. The summed E-state index contributed by atoms with van der Waals surface area (Å²) in [4.78, 5) is 74.5. The molecule has 2 amide bonds. The van der Waals surface area contributed by atoms with E-state index in [4.69, 9.17) is 9.47 Å². The Morgan fingerprint density at radius 1 is 0.514 bits per heavy atom. The number of carboxylic acids is 4. The van der Waals surface area contributed by atoms with Crippen molar-refractivity contribution in [3.63, 3.8) is 0 Å². The van der Waals surface area contributed by atoms with Crippen LogP contribution in [0.4, 0.5) is 9.59 Å². The maximum Gasteiger partial charge on any atom is 0.408 e. The summed E-state index contributed by atoms with van der Waals surface area (Å²) in [6.45, 7) is 5.09. The molecule has 0 fully saturated rings. The van der Waals surface area contributed by atoms with Gasteiger partial charge in [-0.15, -0.1) is 0 Å². The highest BCUT2D eigenvalue weighted by Gasteiger charge is 2.25. The van der Waals surface area contributed by atoms with Crippen molar-refractivity contribution in [1.29, 1.82) is 0 Å². The molecule has 2 heterocycles. The Kier molecular flexibility index (Phi) is 25.3. The second kappa shape index (κ2) is 31.8. The van der Waals surface area contributed by atoms with Crippen LogP contribution in [-0.2, 0) is 80.6 Å². The van der Waals surface area contributed by atoms with Crippen LogP contribution in [0.5, 0.6) is 0 Å². The third-order valence-electron chi connectivity index (χ3n) is 12.2. The molecule has 6 N–H and O–H groups in total. The van der Waals surface area contributed by atoms with E-state index in [1.54, 1.807) is 24.3 Å². The van der Waals surface area contributed by atoms with Gasteiger partial charge in [0.1, 0.15) is 38.4 Å². The number of carbonyl (C=O) groups excluding carboxylic acids is 2. The van der Waals surface area contributed by atoms with E-state index >= 15 is 0 Å². The van der Waals surface area contributed by atoms with E-state index in [9.17, 15) is 49.2 Å². The van der Waals surface area contributed by atoms with Crippen LogP contribution in [0.25, 0.3) is 0 Å². The first-order valence-corrected chi connectivity index (χ1v) is 25.0. The molecule has 16 nitrogen and oxygen atoms in total. The number of allylic oxidation sites excluding steroid dienone is 2. The zero-order valence-corrected chi connectivity index (χ0v) is 41.6. The van der Waals surface area contributed by atoms with Crippen LogP contribution in [-0.4, -0.2) is 68.6 Å². The number of benzene rings is 2. The summed E-state index contributed by atoms with van der Waals surface area (Å²) in [6, 6.07) is 23.8. The number of nitrogens with one attached hydrogen (secondary N) is 2. The van der Waals surface area contributed by atoms with Crippen molar-refractivity contribution in [2.75, 3.05) is 0 Å². The molecule has 0 unspecified atom stereocenters. The molecule has 0 radical (unpaired) electrons.